The number of halogens is 1. The largest absolute Gasteiger partial charge is 0.351 e. The normalized spacial score (nSPS) is 16.2. The van der Waals surface area contributed by atoms with Gasteiger partial charge in [0.1, 0.15) is 17.0 Å². The number of H-pyrrole nitrogens is 1. The molecule has 1 aliphatic carbocycles. The zero-order chi connectivity index (χ0) is 16.9. The number of aromatic amines is 1. The molecule has 0 radical (unpaired) electrons. The number of hydrogen-bond donors (Lipinski definition) is 2. The van der Waals surface area contributed by atoms with Gasteiger partial charge >= 0.3 is 0 Å². The number of imidazole rings is 1. The van der Waals surface area contributed by atoms with Crippen LogP contribution in [0, 0.1) is 0 Å². The summed E-state index contributed by atoms with van der Waals surface area (Å²) in [5.41, 5.74) is 2.62. The van der Waals surface area contributed by atoms with E-state index in [0.717, 1.165) is 34.2 Å². The predicted molar refractivity (Wildman–Crippen MR) is 94.3 cm³/mol. The fourth-order valence-electron chi connectivity index (χ4n) is 3.29. The van der Waals surface area contributed by atoms with Crippen LogP contribution in [0.2, 0.25) is 0 Å². The number of pyridine rings is 1. The third-order valence-electron chi connectivity index (χ3n) is 4.94. The summed E-state index contributed by atoms with van der Waals surface area (Å²) in [5.74, 6) is 0.454. The molecular weight excluding hydrogens is 319 g/mol. The highest BCUT2D eigenvalue weighted by Gasteiger charge is 2.36. The average molecular weight is 336 g/mol. The number of aromatic nitrogens is 5. The van der Waals surface area contributed by atoms with Crippen molar-refractivity contribution in [2.45, 2.75) is 24.9 Å². The molecule has 4 aromatic heterocycles. The van der Waals surface area contributed by atoms with Crippen molar-refractivity contribution in [1.82, 2.24) is 24.3 Å². The highest BCUT2D eigenvalue weighted by molar-refractivity contribution is 5.93. The summed E-state index contributed by atoms with van der Waals surface area (Å²) in [7, 11) is 0. The second-order valence-corrected chi connectivity index (χ2v) is 6.63. The van der Waals surface area contributed by atoms with Crippen LogP contribution >= 0.6 is 0 Å². The molecule has 1 saturated carbocycles. The number of alkyl halides is 1. The van der Waals surface area contributed by atoms with Gasteiger partial charge in [-0.05, 0) is 31.4 Å². The first-order valence-corrected chi connectivity index (χ1v) is 8.40. The minimum atomic E-state index is -1.10. The molecule has 0 spiro atoms. The van der Waals surface area contributed by atoms with Gasteiger partial charge in [-0.3, -0.25) is 0 Å². The van der Waals surface area contributed by atoms with Gasteiger partial charge in [0.05, 0.1) is 6.54 Å². The molecule has 1 fully saturated rings. The van der Waals surface area contributed by atoms with E-state index in [4.69, 9.17) is 0 Å². The molecule has 126 valence electrons. The average Bonchev–Trinajstić information content (AvgIpc) is 3.23. The lowest BCUT2D eigenvalue weighted by atomic mass is 9.82. The molecule has 4 aromatic rings. The Kier molecular flexibility index (Phi) is 3.03. The quantitative estimate of drug-likeness (QED) is 0.597. The van der Waals surface area contributed by atoms with Crippen molar-refractivity contribution in [2.75, 3.05) is 11.9 Å². The first-order chi connectivity index (χ1) is 12.2. The lowest BCUT2D eigenvalue weighted by Gasteiger charge is -2.33. The van der Waals surface area contributed by atoms with E-state index in [9.17, 15) is 4.39 Å². The summed E-state index contributed by atoms with van der Waals surface area (Å²) in [6, 6.07) is 4.00. The fourth-order valence-corrected chi connectivity index (χ4v) is 3.29. The van der Waals surface area contributed by atoms with E-state index >= 15 is 0 Å². The molecule has 0 bridgehead atoms. The Morgan fingerprint density at radius 2 is 2.20 bits per heavy atom. The molecule has 0 aromatic carbocycles. The van der Waals surface area contributed by atoms with Gasteiger partial charge in [0, 0.05) is 47.5 Å². The van der Waals surface area contributed by atoms with E-state index in [1.165, 1.54) is 0 Å². The van der Waals surface area contributed by atoms with Crippen molar-refractivity contribution in [3.63, 3.8) is 0 Å². The second-order valence-electron chi connectivity index (χ2n) is 6.63. The first kappa shape index (κ1) is 14.4. The summed E-state index contributed by atoms with van der Waals surface area (Å²) in [4.78, 5) is 16.3. The maximum absolute atomic E-state index is 14.1. The Morgan fingerprint density at radius 3 is 3.04 bits per heavy atom. The molecule has 7 heteroatoms. The van der Waals surface area contributed by atoms with Crippen LogP contribution in [0.4, 0.5) is 10.3 Å². The number of nitrogens with one attached hydrogen (secondary N) is 2. The third-order valence-corrected chi connectivity index (χ3v) is 4.94. The van der Waals surface area contributed by atoms with Gasteiger partial charge in [0.15, 0.2) is 0 Å². The van der Waals surface area contributed by atoms with Crippen LogP contribution in [0.3, 0.4) is 0 Å². The van der Waals surface area contributed by atoms with E-state index in [1.54, 1.807) is 12.4 Å². The zero-order valence-corrected chi connectivity index (χ0v) is 13.5. The SMILES string of the molecule is FC1(CNc2ncc3c(-c4ccc5nccn5c4)c[nH]c3n2)CCC1. The van der Waals surface area contributed by atoms with Crippen molar-refractivity contribution in [2.24, 2.45) is 0 Å². The second kappa shape index (κ2) is 5.27. The van der Waals surface area contributed by atoms with Gasteiger partial charge in [-0.25, -0.2) is 14.4 Å². The van der Waals surface area contributed by atoms with E-state index in [0.29, 0.717) is 18.8 Å². The summed E-state index contributed by atoms with van der Waals surface area (Å²) in [6.07, 6.45) is 11.6. The van der Waals surface area contributed by atoms with Gasteiger partial charge in [-0.1, -0.05) is 0 Å². The number of anilines is 1. The lowest BCUT2D eigenvalue weighted by molar-refractivity contribution is 0.0782. The summed E-state index contributed by atoms with van der Waals surface area (Å²) in [5, 5.41) is 3.95. The smallest absolute Gasteiger partial charge is 0.224 e. The van der Waals surface area contributed by atoms with Crippen LogP contribution in [0.25, 0.3) is 27.8 Å². The first-order valence-electron chi connectivity index (χ1n) is 8.40. The number of fused-ring (bicyclic) bond motifs is 2. The fraction of sp³-hybridized carbons (Fsp3) is 0.278. The Balaban J connectivity index is 1.46. The number of nitrogens with zero attached hydrogens (tertiary/aromatic N) is 4. The minimum absolute atomic E-state index is 0.267. The van der Waals surface area contributed by atoms with Crippen LogP contribution in [0.1, 0.15) is 19.3 Å². The van der Waals surface area contributed by atoms with Crippen molar-refractivity contribution in [3.8, 4) is 11.1 Å². The van der Waals surface area contributed by atoms with E-state index in [-0.39, 0.29) is 6.54 Å². The predicted octanol–water partition coefficient (Wildman–Crippen LogP) is 3.58. The topological polar surface area (TPSA) is 70.9 Å². The monoisotopic (exact) mass is 336 g/mol. The summed E-state index contributed by atoms with van der Waals surface area (Å²) < 4.78 is 16.1. The highest BCUT2D eigenvalue weighted by atomic mass is 19.1. The molecule has 0 atom stereocenters. The van der Waals surface area contributed by atoms with Crippen molar-refractivity contribution in [3.05, 3.63) is 43.1 Å². The van der Waals surface area contributed by atoms with Crippen LogP contribution < -0.4 is 5.32 Å². The molecule has 0 saturated heterocycles. The van der Waals surface area contributed by atoms with Crippen LogP contribution in [0.5, 0.6) is 0 Å². The Morgan fingerprint density at radius 1 is 1.28 bits per heavy atom. The minimum Gasteiger partial charge on any atom is -0.351 e. The summed E-state index contributed by atoms with van der Waals surface area (Å²) >= 11 is 0. The molecule has 0 aliphatic heterocycles. The molecule has 4 heterocycles. The van der Waals surface area contributed by atoms with Gasteiger partial charge in [0.2, 0.25) is 5.95 Å². The zero-order valence-electron chi connectivity index (χ0n) is 13.5. The van der Waals surface area contributed by atoms with Crippen LogP contribution in [-0.2, 0) is 0 Å². The van der Waals surface area contributed by atoms with Gasteiger partial charge in [-0.2, -0.15) is 4.98 Å². The van der Waals surface area contributed by atoms with Gasteiger partial charge in [0.25, 0.3) is 0 Å². The van der Waals surface area contributed by atoms with E-state index in [1.807, 2.05) is 35.1 Å². The van der Waals surface area contributed by atoms with Gasteiger partial charge < -0.3 is 14.7 Å². The summed E-state index contributed by atoms with van der Waals surface area (Å²) in [6.45, 7) is 0.267. The maximum Gasteiger partial charge on any atom is 0.224 e. The molecule has 25 heavy (non-hydrogen) atoms. The Hall–Kier alpha value is -2.96. The van der Waals surface area contributed by atoms with Crippen molar-refractivity contribution < 1.29 is 4.39 Å². The highest BCUT2D eigenvalue weighted by Crippen LogP contribution is 2.35. The maximum atomic E-state index is 14.1. The third kappa shape index (κ3) is 2.43. The number of rotatable bonds is 4. The van der Waals surface area contributed by atoms with Crippen molar-refractivity contribution >= 4 is 22.6 Å². The molecule has 2 N–H and O–H groups in total. The molecule has 6 nitrogen and oxygen atoms in total. The van der Waals surface area contributed by atoms with E-state index < -0.39 is 5.67 Å². The Labute approximate surface area is 143 Å². The standard InChI is InChI=1S/C18H17FN6/c19-18(4-1-5-18)11-23-17-22-9-14-13(8-21-16(14)24-17)12-2-3-15-20-6-7-25(15)10-12/h2-3,6-10H,1,4-5,11H2,(H2,21,22,23,24). The Bertz CT molecular complexity index is 1060. The van der Waals surface area contributed by atoms with Gasteiger partial charge in [-0.15, -0.1) is 0 Å². The number of hydrogen-bond acceptors (Lipinski definition) is 4. The van der Waals surface area contributed by atoms with Crippen molar-refractivity contribution in [1.29, 1.82) is 0 Å². The van der Waals surface area contributed by atoms with Crippen LogP contribution in [0.15, 0.2) is 43.1 Å². The molecule has 0 unspecified atom stereocenters. The molecule has 5 rings (SSSR count). The molecule has 0 amide bonds. The molecular formula is C18H17FN6. The van der Waals surface area contributed by atoms with E-state index in [2.05, 4.69) is 25.3 Å². The molecule has 1 aliphatic rings. The van der Waals surface area contributed by atoms with Crippen LogP contribution in [-0.4, -0.2) is 36.6 Å². The lowest BCUT2D eigenvalue weighted by Crippen LogP contribution is -2.39.